The second-order valence-corrected chi connectivity index (χ2v) is 8.06. The van der Waals surface area contributed by atoms with E-state index in [-0.39, 0.29) is 16.9 Å². The molecule has 1 saturated heterocycles. The predicted molar refractivity (Wildman–Crippen MR) is 120 cm³/mol. The lowest BCUT2D eigenvalue weighted by molar-refractivity contribution is 0.0340. The van der Waals surface area contributed by atoms with Crippen molar-refractivity contribution >= 4 is 28.4 Å². The Kier molecular flexibility index (Phi) is 6.27. The summed E-state index contributed by atoms with van der Waals surface area (Å²) >= 11 is 5.89. The molecular formula is C23H24ClN3O4. The van der Waals surface area contributed by atoms with E-state index in [1.807, 2.05) is 12.1 Å². The average Bonchev–Trinajstić information content (AvgIpc) is 2.78. The first-order chi connectivity index (χ1) is 14.9. The van der Waals surface area contributed by atoms with Crippen molar-refractivity contribution in [1.82, 2.24) is 14.8 Å². The number of carbonyl (C=O) groups is 1. The van der Waals surface area contributed by atoms with Gasteiger partial charge in [-0.15, -0.1) is 0 Å². The highest BCUT2D eigenvalue weighted by Crippen LogP contribution is 2.29. The van der Waals surface area contributed by atoms with E-state index in [4.69, 9.17) is 16.3 Å². The van der Waals surface area contributed by atoms with Gasteiger partial charge in [0.2, 0.25) is 0 Å². The number of ether oxygens (including phenoxy) is 1. The van der Waals surface area contributed by atoms with Crippen LogP contribution in [0.2, 0.25) is 5.02 Å². The lowest BCUT2D eigenvalue weighted by Gasteiger charge is -2.26. The summed E-state index contributed by atoms with van der Waals surface area (Å²) in [4.78, 5) is 27.7. The summed E-state index contributed by atoms with van der Waals surface area (Å²) in [7, 11) is 1.67. The summed E-state index contributed by atoms with van der Waals surface area (Å²) in [5.74, 6) is -0.525. The van der Waals surface area contributed by atoms with Crippen LogP contribution in [0.15, 0.2) is 47.3 Å². The zero-order valence-corrected chi connectivity index (χ0v) is 18.0. The van der Waals surface area contributed by atoms with Crippen LogP contribution in [0.3, 0.4) is 0 Å². The Morgan fingerprint density at radius 1 is 1.16 bits per heavy atom. The van der Waals surface area contributed by atoms with Gasteiger partial charge in [-0.25, -0.2) is 0 Å². The minimum Gasteiger partial charge on any atom is -0.506 e. The highest BCUT2D eigenvalue weighted by molar-refractivity contribution is 6.30. The van der Waals surface area contributed by atoms with Crippen LogP contribution < -0.4 is 10.9 Å². The van der Waals surface area contributed by atoms with Gasteiger partial charge < -0.3 is 19.7 Å². The fourth-order valence-corrected chi connectivity index (χ4v) is 3.90. The van der Waals surface area contributed by atoms with Crippen LogP contribution in [0, 0.1) is 0 Å². The molecule has 8 heteroatoms. The third-order valence-electron chi connectivity index (χ3n) is 5.56. The molecule has 2 N–H and O–H groups in total. The van der Waals surface area contributed by atoms with Crippen LogP contribution in [0.1, 0.15) is 21.5 Å². The number of carbonyl (C=O) groups excluding carboxylic acids is 1. The molecule has 1 fully saturated rings. The number of pyridine rings is 1. The quantitative estimate of drug-likeness (QED) is 0.636. The number of aryl methyl sites for hydroxylation is 1. The van der Waals surface area contributed by atoms with Gasteiger partial charge in [-0.05, 0) is 35.9 Å². The number of nitrogens with zero attached hydrogens (tertiary/aromatic N) is 2. The monoisotopic (exact) mass is 441 g/mol. The molecule has 0 saturated carbocycles. The maximum Gasteiger partial charge on any atom is 0.255 e. The summed E-state index contributed by atoms with van der Waals surface area (Å²) in [5, 5.41) is 14.8. The first-order valence-corrected chi connectivity index (χ1v) is 10.5. The second-order valence-electron chi connectivity index (χ2n) is 7.63. The molecular weight excluding hydrogens is 418 g/mol. The molecule has 2 aromatic carbocycles. The number of benzene rings is 2. The van der Waals surface area contributed by atoms with Gasteiger partial charge in [0.05, 0.1) is 24.3 Å². The molecule has 1 aliphatic heterocycles. The number of phenolic OH excluding ortho intramolecular Hbond substituents is 1. The van der Waals surface area contributed by atoms with Crippen molar-refractivity contribution in [2.24, 2.45) is 7.05 Å². The Bertz CT molecular complexity index is 1170. The van der Waals surface area contributed by atoms with Crippen molar-refractivity contribution in [3.8, 4) is 5.75 Å². The lowest BCUT2D eigenvalue weighted by Crippen LogP contribution is -2.37. The minimum atomic E-state index is -0.391. The van der Waals surface area contributed by atoms with Crippen LogP contribution in [-0.2, 0) is 24.9 Å². The number of hydrogen-bond donors (Lipinski definition) is 2. The first-order valence-electron chi connectivity index (χ1n) is 10.1. The molecule has 0 spiro atoms. The molecule has 0 atom stereocenters. The Hall–Kier alpha value is -2.87. The summed E-state index contributed by atoms with van der Waals surface area (Å²) in [6.45, 7) is 3.55. The van der Waals surface area contributed by atoms with E-state index in [2.05, 4.69) is 10.2 Å². The molecule has 0 radical (unpaired) electrons. The van der Waals surface area contributed by atoms with E-state index in [1.54, 1.807) is 31.3 Å². The van der Waals surface area contributed by atoms with Gasteiger partial charge in [0, 0.05) is 49.2 Å². The number of amides is 1. The number of halogens is 1. The smallest absolute Gasteiger partial charge is 0.255 e. The predicted octanol–water partition coefficient (Wildman–Crippen LogP) is 2.66. The minimum absolute atomic E-state index is 0.113. The van der Waals surface area contributed by atoms with E-state index in [1.165, 1.54) is 10.6 Å². The van der Waals surface area contributed by atoms with Gasteiger partial charge in [-0.3, -0.25) is 14.5 Å². The zero-order valence-electron chi connectivity index (χ0n) is 17.2. The Labute approximate surface area is 184 Å². The molecule has 7 nitrogen and oxygen atoms in total. The third kappa shape index (κ3) is 4.58. The summed E-state index contributed by atoms with van der Waals surface area (Å²) in [6, 6.07) is 12.1. The normalized spacial score (nSPS) is 14.6. The number of aromatic hydroxyl groups is 1. The number of nitrogens with one attached hydrogen (secondary N) is 1. The van der Waals surface area contributed by atoms with E-state index >= 15 is 0 Å². The molecule has 31 heavy (non-hydrogen) atoms. The van der Waals surface area contributed by atoms with Crippen LogP contribution in [0.5, 0.6) is 5.75 Å². The van der Waals surface area contributed by atoms with Gasteiger partial charge in [0.25, 0.3) is 11.5 Å². The van der Waals surface area contributed by atoms with Crippen LogP contribution in [-0.4, -0.2) is 46.8 Å². The van der Waals surface area contributed by atoms with E-state index in [9.17, 15) is 14.7 Å². The number of aromatic nitrogens is 1. The Morgan fingerprint density at radius 2 is 1.87 bits per heavy atom. The lowest BCUT2D eigenvalue weighted by atomic mass is 10.1. The maximum atomic E-state index is 12.8. The van der Waals surface area contributed by atoms with E-state index in [0.717, 1.165) is 18.7 Å². The van der Waals surface area contributed by atoms with Crippen LogP contribution >= 0.6 is 11.6 Å². The molecule has 3 aromatic rings. The Morgan fingerprint density at radius 3 is 2.58 bits per heavy atom. The van der Waals surface area contributed by atoms with Crippen molar-refractivity contribution in [2.75, 3.05) is 26.3 Å². The molecule has 4 rings (SSSR count). The van der Waals surface area contributed by atoms with Gasteiger partial charge in [0.1, 0.15) is 5.75 Å². The molecule has 2 heterocycles. The zero-order chi connectivity index (χ0) is 22.0. The van der Waals surface area contributed by atoms with Gasteiger partial charge in [-0.1, -0.05) is 23.7 Å². The summed E-state index contributed by atoms with van der Waals surface area (Å²) in [5.41, 5.74) is 2.09. The Balaban J connectivity index is 1.61. The fourth-order valence-electron chi connectivity index (χ4n) is 3.77. The van der Waals surface area contributed by atoms with Crippen molar-refractivity contribution in [1.29, 1.82) is 0 Å². The summed E-state index contributed by atoms with van der Waals surface area (Å²) in [6.07, 6.45) is 0. The molecule has 1 aliphatic rings. The van der Waals surface area contributed by atoms with Crippen LogP contribution in [0.25, 0.3) is 10.9 Å². The standard InChI is InChI=1S/C23H24ClN3O4/c1-26-20-7-6-18(22(29)25-13-15-2-4-17(24)5-3-15)21(28)19(20)12-16(23(26)30)14-27-8-10-31-11-9-27/h2-7,12,28H,8-11,13-14H2,1H3,(H,25,29). The van der Waals surface area contributed by atoms with Crippen molar-refractivity contribution in [2.45, 2.75) is 13.1 Å². The third-order valence-corrected chi connectivity index (χ3v) is 5.81. The largest absolute Gasteiger partial charge is 0.506 e. The number of morpholine rings is 1. The van der Waals surface area contributed by atoms with Crippen molar-refractivity contribution in [3.63, 3.8) is 0 Å². The number of fused-ring (bicyclic) bond motifs is 1. The molecule has 1 amide bonds. The number of hydrogen-bond acceptors (Lipinski definition) is 5. The molecule has 0 bridgehead atoms. The molecule has 0 unspecified atom stereocenters. The maximum absolute atomic E-state index is 12.8. The van der Waals surface area contributed by atoms with Crippen molar-refractivity contribution in [3.05, 3.63) is 74.5 Å². The van der Waals surface area contributed by atoms with Gasteiger partial charge >= 0.3 is 0 Å². The fraction of sp³-hybridized carbons (Fsp3) is 0.304. The number of rotatable bonds is 5. The van der Waals surface area contributed by atoms with Gasteiger partial charge in [-0.2, -0.15) is 0 Å². The van der Waals surface area contributed by atoms with Crippen molar-refractivity contribution < 1.29 is 14.6 Å². The number of phenols is 1. The molecule has 1 aromatic heterocycles. The topological polar surface area (TPSA) is 83.8 Å². The van der Waals surface area contributed by atoms with E-state index in [0.29, 0.717) is 47.8 Å². The highest BCUT2D eigenvalue weighted by atomic mass is 35.5. The second kappa shape index (κ2) is 9.09. The van der Waals surface area contributed by atoms with Crippen LogP contribution in [0.4, 0.5) is 0 Å². The molecule has 0 aliphatic carbocycles. The first kappa shape index (κ1) is 21.4. The highest BCUT2D eigenvalue weighted by Gasteiger charge is 2.19. The summed E-state index contributed by atoms with van der Waals surface area (Å²) < 4.78 is 6.88. The SMILES string of the molecule is Cn1c(=O)c(CN2CCOCC2)cc2c(O)c(C(=O)NCc3ccc(Cl)cc3)ccc21. The average molecular weight is 442 g/mol. The van der Waals surface area contributed by atoms with E-state index < -0.39 is 5.91 Å². The molecule has 162 valence electrons. The van der Waals surface area contributed by atoms with Gasteiger partial charge in [0.15, 0.2) is 0 Å².